The minimum absolute atomic E-state index is 0.00234. The molecule has 5 aromatic rings. The first-order valence-electron chi connectivity index (χ1n) is 39.8. The Hall–Kier alpha value is -4.12. The molecule has 6 fully saturated rings. The highest BCUT2D eigenvalue weighted by molar-refractivity contribution is 7.64. The first kappa shape index (κ1) is 92.2. The van der Waals surface area contributed by atoms with Gasteiger partial charge in [0.1, 0.15) is 68.7 Å². The van der Waals surface area contributed by atoms with Crippen LogP contribution in [0, 0.1) is 0 Å². The summed E-state index contributed by atoms with van der Waals surface area (Å²) >= 11 is 13.2. The second-order valence-electron chi connectivity index (χ2n) is 38.1. The summed E-state index contributed by atoms with van der Waals surface area (Å²) in [5.74, 6) is -0.963. The highest BCUT2D eigenvalue weighted by Crippen LogP contribution is 2.56. The van der Waals surface area contributed by atoms with Crippen molar-refractivity contribution >= 4 is 108 Å². The van der Waals surface area contributed by atoms with Gasteiger partial charge in [0.25, 0.3) is 0 Å². The molecule has 0 spiro atoms. The summed E-state index contributed by atoms with van der Waals surface area (Å²) in [7, 11) is -10.3. The average Bonchev–Trinajstić information content (AvgIpc) is 1.58. The Morgan fingerprint density at radius 1 is 0.570 bits per heavy atom. The Morgan fingerprint density at radius 2 is 0.947 bits per heavy atom. The third-order valence-corrected chi connectivity index (χ3v) is 30.9. The minimum Gasteiger partial charge on any atom is -0.443 e. The van der Waals surface area contributed by atoms with E-state index in [1.807, 2.05) is 69.2 Å². The summed E-state index contributed by atoms with van der Waals surface area (Å²) in [6.45, 7) is 46.3. The van der Waals surface area contributed by atoms with Gasteiger partial charge in [0.15, 0.2) is 70.2 Å². The molecule has 9 heterocycles. The van der Waals surface area contributed by atoms with E-state index in [0.717, 1.165) is 69.5 Å². The number of hydrogen-bond donors (Lipinski definition) is 1. The van der Waals surface area contributed by atoms with Crippen LogP contribution in [0.15, 0.2) is 12.4 Å². The molecule has 2 saturated carbocycles. The van der Waals surface area contributed by atoms with Crippen LogP contribution in [0.25, 0.3) is 22.1 Å². The van der Waals surface area contributed by atoms with Gasteiger partial charge in [-0.2, -0.15) is 30.1 Å². The molecule has 0 radical (unpaired) electrons. The minimum atomic E-state index is -3.15. The number of rotatable bonds is 34. The Morgan fingerprint density at radius 3 is 1.33 bits per heavy atom. The quantitative estimate of drug-likeness (QED) is 0.0173. The maximum atomic E-state index is 14.5. The van der Waals surface area contributed by atoms with Crippen LogP contribution in [0.2, 0.25) is 87.6 Å². The summed E-state index contributed by atoms with van der Waals surface area (Å²) < 4.78 is 119. The van der Waals surface area contributed by atoms with E-state index >= 15 is 0 Å². The smallest absolute Gasteiger partial charge is 0.416 e. The zero-order valence-electron chi connectivity index (χ0n) is 71.2. The number of anilines is 2. The van der Waals surface area contributed by atoms with Crippen LogP contribution in [0.5, 0.6) is 0 Å². The van der Waals surface area contributed by atoms with Gasteiger partial charge in [-0.25, -0.2) is 19.0 Å². The molecule has 6 aliphatic rings. The molecule has 33 nitrogen and oxygen atoms in total. The number of ether oxygens (including phenoxy) is 14. The molecule has 4 saturated heterocycles. The van der Waals surface area contributed by atoms with Gasteiger partial charge in [0, 0.05) is 56.1 Å². The first-order valence-corrected chi connectivity index (χ1v) is 56.9. The summed E-state index contributed by atoms with van der Waals surface area (Å²) in [6, 6.07) is 2.60. The number of carbonyl (C=O) groups excluding carboxylic acids is 2. The van der Waals surface area contributed by atoms with Gasteiger partial charge in [-0.15, -0.1) is 15.0 Å². The fourth-order valence-corrected chi connectivity index (χ4v) is 19.3. The highest BCUT2D eigenvalue weighted by Gasteiger charge is 2.60. The van der Waals surface area contributed by atoms with Crippen molar-refractivity contribution in [2.75, 3.05) is 95.9 Å². The lowest BCUT2D eigenvalue weighted by atomic mass is 10.1. The number of hydrogen-bond acceptors (Lipinski definition) is 28. The number of aromatic nitrogens is 12. The standard InChI is InChI=1S/C41H71ClN9O10PSi2.C33H55ClN5O9PSi/c1-39(2,3)61-38(52)50(28-16-14-15-17-28)34-29-22-43-51(35(29)45-37(42)44-34)36-33-32(59-40(4,5)60-33)30(58-36)23-57-41(62(6,7)53,25-54-18-20-63(8,9)10)26-56-24-31-46-48-49(47-31)27-55-19-21-64(11,12)13;1-31(2,3)48-30(41)38(21-13-11-12-14-21)26-22-17-35-39(27(22)37-29(34)36-26)28-25-24(46-32(4,5)47-25)23(45-28)18-44-33(19-40,49(6,7)42)20-43-15-16-50(8,9)10/h22,28,30,32-33,36H,14-21,23-27H2,1-13H3;17,21,23-25,28,40H,11-16,18-20H2,1-10H3/t30-,32-,33-,36-,41-;23-,24-,25-,28-,33+/m11/s1. The van der Waals surface area contributed by atoms with E-state index in [2.05, 4.69) is 99.4 Å². The molecule has 0 aromatic carbocycles. The molecule has 11 rings (SSSR count). The predicted octanol–water partition coefficient (Wildman–Crippen LogP) is 14.1. The molecule has 0 bridgehead atoms. The van der Waals surface area contributed by atoms with Crippen LogP contribution < -0.4 is 9.80 Å². The largest absolute Gasteiger partial charge is 0.443 e. The number of fused-ring (bicyclic) bond motifs is 4. The molecule has 2 aliphatic carbocycles. The monoisotopic (exact) mass is 1730 g/mol. The van der Waals surface area contributed by atoms with E-state index in [4.69, 9.17) is 94.6 Å². The maximum Gasteiger partial charge on any atom is 0.416 e. The number of halogens is 2. The lowest BCUT2D eigenvalue weighted by Crippen LogP contribution is -2.46. The predicted molar refractivity (Wildman–Crippen MR) is 441 cm³/mol. The van der Waals surface area contributed by atoms with E-state index in [0.29, 0.717) is 59.3 Å². The van der Waals surface area contributed by atoms with Crippen molar-refractivity contribution in [3.63, 3.8) is 0 Å². The SMILES string of the molecule is CC(C)(C)OC(=O)N(c1nc(Cl)nc2c1cnn2[C@@H]1O[C@H](CO[C@@](COCC[Si](C)(C)C)(COCc2nnn(COCC[Si](C)(C)C)n2)P(C)(C)=O)[C@H]2OC(C)(C)O[C@H]21)C1CCCC1.CC(C)(C)OC(=O)N(c1nc(Cl)nc2c1cnn2[C@@H]1O[C@H](CO[C@](CO)(COCC[Si](C)(C)C)P(C)(C)=O)[C@H]2OC(C)(C)O[C@H]21)C1CCCC1. The van der Waals surface area contributed by atoms with Crippen molar-refractivity contribution in [1.29, 1.82) is 0 Å². The summed E-state index contributed by atoms with van der Waals surface area (Å²) in [5.41, 5.74) is -0.772. The Bertz CT molecular complexity index is 4190. The molecule has 642 valence electrons. The van der Waals surface area contributed by atoms with E-state index < -0.39 is 140 Å². The molecule has 114 heavy (non-hydrogen) atoms. The lowest BCUT2D eigenvalue weighted by Gasteiger charge is -2.38. The van der Waals surface area contributed by atoms with Crippen molar-refractivity contribution in [3.8, 4) is 0 Å². The molecule has 10 atom stereocenters. The normalized spacial score (nSPS) is 24.1. The third-order valence-electron chi connectivity index (χ3n) is 20.7. The van der Waals surface area contributed by atoms with Crippen molar-refractivity contribution in [1.82, 2.24) is 59.7 Å². The van der Waals surface area contributed by atoms with Gasteiger partial charge in [0.2, 0.25) is 10.6 Å². The van der Waals surface area contributed by atoms with E-state index in [1.54, 1.807) is 58.2 Å². The van der Waals surface area contributed by atoms with Gasteiger partial charge in [-0.1, -0.05) is 84.6 Å². The number of amides is 2. The van der Waals surface area contributed by atoms with Crippen molar-refractivity contribution in [3.05, 3.63) is 28.8 Å². The molecule has 5 aromatic heterocycles. The fraction of sp³-hybridized carbons (Fsp3) is 0.824. The summed E-state index contributed by atoms with van der Waals surface area (Å²) in [6.07, 6.45) is 3.62. The molecule has 4 aliphatic heterocycles. The van der Waals surface area contributed by atoms with Gasteiger partial charge >= 0.3 is 12.2 Å². The molecular formula is C74H126Cl2N14O19P2Si3. The highest BCUT2D eigenvalue weighted by atomic mass is 35.5. The Kier molecular flexibility index (Phi) is 29.3. The zero-order chi connectivity index (χ0) is 83.7. The van der Waals surface area contributed by atoms with E-state index in [1.165, 1.54) is 4.80 Å². The number of carbonyl (C=O) groups is 2. The van der Waals surface area contributed by atoms with Crippen molar-refractivity contribution < 1.29 is 90.1 Å². The molecular weight excluding hydrogens is 1610 g/mol. The van der Waals surface area contributed by atoms with Crippen LogP contribution in [0.1, 0.15) is 139 Å². The van der Waals surface area contributed by atoms with Crippen LogP contribution in [0.4, 0.5) is 21.2 Å². The molecule has 2 amide bonds. The third kappa shape index (κ3) is 23.5. The maximum absolute atomic E-state index is 14.5. The number of tetrazole rings is 1. The molecule has 0 unspecified atom stereocenters. The Labute approximate surface area is 684 Å². The number of nitrogens with zero attached hydrogens (tertiary/aromatic N) is 14. The van der Waals surface area contributed by atoms with Crippen LogP contribution in [-0.2, 0) is 88.8 Å². The van der Waals surface area contributed by atoms with Gasteiger partial charge in [-0.05, 0) is 168 Å². The first-order chi connectivity index (χ1) is 52.9. The van der Waals surface area contributed by atoms with Crippen LogP contribution in [0.3, 0.4) is 0 Å². The zero-order valence-corrected chi connectivity index (χ0v) is 77.5. The number of aliphatic hydroxyl groups is 1. The van der Waals surface area contributed by atoms with Crippen molar-refractivity contribution in [2.24, 2.45) is 0 Å². The number of aliphatic hydroxyl groups excluding tert-OH is 1. The van der Waals surface area contributed by atoms with Gasteiger partial charge in [-0.3, -0.25) is 9.80 Å². The molecule has 1 N–H and O–H groups in total. The van der Waals surface area contributed by atoms with E-state index in [9.17, 15) is 23.8 Å². The summed E-state index contributed by atoms with van der Waals surface area (Å²) in [4.78, 5) is 50.3. The Balaban J connectivity index is 0.000000249. The van der Waals surface area contributed by atoms with Crippen molar-refractivity contribution in [2.45, 2.75) is 306 Å². The lowest BCUT2D eigenvalue weighted by molar-refractivity contribution is -0.208. The van der Waals surface area contributed by atoms with Crippen LogP contribution >= 0.6 is 37.5 Å². The van der Waals surface area contributed by atoms with Gasteiger partial charge in [0.05, 0.1) is 62.8 Å². The summed E-state index contributed by atoms with van der Waals surface area (Å²) in [5, 5.41) is 30.7. The fourth-order valence-electron chi connectivity index (χ4n) is 14.4. The molecule has 40 heteroatoms. The van der Waals surface area contributed by atoms with E-state index in [-0.39, 0.29) is 69.0 Å². The topological polar surface area (TPSA) is 355 Å². The van der Waals surface area contributed by atoms with Gasteiger partial charge < -0.3 is 80.6 Å². The van der Waals surface area contributed by atoms with Crippen LogP contribution in [-0.4, -0.2) is 270 Å². The second-order valence-corrected chi connectivity index (χ2v) is 62.7. The second kappa shape index (κ2) is 36.3. The average molecular weight is 1730 g/mol.